The van der Waals surface area contributed by atoms with Gasteiger partial charge in [-0.1, -0.05) is 152 Å². The van der Waals surface area contributed by atoms with Gasteiger partial charge in [-0.2, -0.15) is 5.10 Å². The van der Waals surface area contributed by atoms with E-state index in [0.717, 1.165) is 22.6 Å². The predicted molar refractivity (Wildman–Crippen MR) is 163 cm³/mol. The van der Waals surface area contributed by atoms with Crippen LogP contribution in [0.2, 0.25) is 0 Å². The molecule has 180 valence electrons. The van der Waals surface area contributed by atoms with Crippen LogP contribution in [0.4, 0.5) is 0 Å². The summed E-state index contributed by atoms with van der Waals surface area (Å²) in [4.78, 5) is 0. The van der Waals surface area contributed by atoms with Gasteiger partial charge < -0.3 is 0 Å². The fraction of sp³-hybridized carbons (Fsp3) is 0.0294. The van der Waals surface area contributed by atoms with Gasteiger partial charge in [-0.05, 0) is 35.5 Å². The lowest BCUT2D eigenvalue weighted by Crippen LogP contribution is -2.28. The van der Waals surface area contributed by atoms with E-state index in [1.54, 1.807) is 0 Å². The molecule has 0 spiro atoms. The zero-order valence-electron chi connectivity index (χ0n) is 20.9. The smallest absolute Gasteiger partial charge is 0.100 e. The van der Waals surface area contributed by atoms with E-state index < -0.39 is 6.89 Å². The Morgan fingerprint density at radius 2 is 0.784 bits per heavy atom. The highest BCUT2D eigenvalue weighted by Crippen LogP contribution is 2.43. The van der Waals surface area contributed by atoms with Gasteiger partial charge in [0.15, 0.2) is 0 Å². The highest BCUT2D eigenvalue weighted by molar-refractivity contribution is 7.95. The molecule has 5 aromatic carbocycles. The fourth-order valence-corrected chi connectivity index (χ4v) is 8.45. The molecule has 0 bridgehead atoms. The van der Waals surface area contributed by atoms with Crippen LogP contribution in [-0.4, -0.2) is 17.2 Å². The van der Waals surface area contributed by atoms with Crippen LogP contribution in [0.5, 0.6) is 0 Å². The first-order valence-corrected chi connectivity index (χ1v) is 14.3. The summed E-state index contributed by atoms with van der Waals surface area (Å²) in [5.74, 6) is 2.35. The molecule has 37 heavy (non-hydrogen) atoms. The zero-order valence-corrected chi connectivity index (χ0v) is 21.7. The molecule has 5 aromatic rings. The van der Waals surface area contributed by atoms with E-state index in [-0.39, 0.29) is 0 Å². The van der Waals surface area contributed by atoms with Crippen LogP contribution in [-0.2, 0) is 0 Å². The second-order valence-corrected chi connectivity index (χ2v) is 12.0. The second-order valence-electron chi connectivity index (χ2n) is 8.78. The van der Waals surface area contributed by atoms with Gasteiger partial charge in [0.25, 0.3) is 0 Å². The molecular formula is C34H29N2P. The molecule has 2 nitrogen and oxygen atoms in total. The van der Waals surface area contributed by atoms with Crippen molar-refractivity contribution >= 4 is 40.0 Å². The number of rotatable bonds is 7. The highest BCUT2D eigenvalue weighted by atomic mass is 31.2. The standard InChI is InChI=1S/C34H29N2P/c1-28(35-36-34(29-17-7-2-8-18-29)30-19-9-3-10-20-30)27-37(31-21-11-4-12-22-31,32-23-13-5-14-24-32)33-25-15-6-16-26-33/h2-27H,1H3. The normalized spacial score (nSPS) is 11.5. The summed E-state index contributed by atoms with van der Waals surface area (Å²) in [7, 11) is 0. The first kappa shape index (κ1) is 24.4. The predicted octanol–water partition coefficient (Wildman–Crippen LogP) is 6.70. The van der Waals surface area contributed by atoms with Gasteiger partial charge in [-0.25, -0.2) is 0 Å². The molecule has 0 aromatic heterocycles. The molecule has 0 aliphatic heterocycles. The lowest BCUT2D eigenvalue weighted by Gasteiger charge is -2.28. The minimum Gasteiger partial charge on any atom is -0.155 e. The first-order valence-electron chi connectivity index (χ1n) is 12.4. The van der Waals surface area contributed by atoms with Gasteiger partial charge in [-0.3, -0.25) is 0 Å². The van der Waals surface area contributed by atoms with Crippen molar-refractivity contribution in [3.63, 3.8) is 0 Å². The Kier molecular flexibility index (Phi) is 7.69. The summed E-state index contributed by atoms with van der Waals surface area (Å²) in [6, 6.07) is 52.9. The van der Waals surface area contributed by atoms with Crippen molar-refractivity contribution in [1.29, 1.82) is 0 Å². The Morgan fingerprint density at radius 1 is 0.459 bits per heavy atom. The van der Waals surface area contributed by atoms with Crippen molar-refractivity contribution in [2.75, 3.05) is 0 Å². The van der Waals surface area contributed by atoms with Crippen molar-refractivity contribution in [2.45, 2.75) is 6.92 Å². The highest BCUT2D eigenvalue weighted by Gasteiger charge is 2.25. The largest absolute Gasteiger partial charge is 0.155 e. The Hall–Kier alpha value is -4.26. The van der Waals surface area contributed by atoms with E-state index in [1.807, 2.05) is 36.4 Å². The second kappa shape index (κ2) is 11.6. The van der Waals surface area contributed by atoms with Crippen molar-refractivity contribution in [1.82, 2.24) is 0 Å². The van der Waals surface area contributed by atoms with Crippen LogP contribution in [0.1, 0.15) is 18.1 Å². The molecule has 0 amide bonds. The topological polar surface area (TPSA) is 24.7 Å². The third kappa shape index (κ3) is 5.45. The van der Waals surface area contributed by atoms with E-state index in [0.29, 0.717) is 0 Å². The number of benzene rings is 5. The lowest BCUT2D eigenvalue weighted by atomic mass is 10.0. The zero-order chi connectivity index (χ0) is 25.3. The van der Waals surface area contributed by atoms with Gasteiger partial charge in [0, 0.05) is 11.1 Å². The quantitative estimate of drug-likeness (QED) is 0.136. The summed E-state index contributed by atoms with van der Waals surface area (Å²) in [6.45, 7) is -0.0821. The molecule has 0 saturated carbocycles. The fourth-order valence-electron chi connectivity index (χ4n) is 4.57. The maximum atomic E-state index is 4.82. The Balaban J connectivity index is 1.74. The Bertz CT molecular complexity index is 1400. The summed E-state index contributed by atoms with van der Waals surface area (Å²) >= 11 is 0. The molecule has 0 fully saturated rings. The number of hydrogen-bond acceptors (Lipinski definition) is 2. The average Bonchev–Trinajstić information content (AvgIpc) is 2.98. The molecule has 3 heteroatoms. The van der Waals surface area contributed by atoms with Crippen LogP contribution in [0.3, 0.4) is 0 Å². The molecule has 0 heterocycles. The first-order chi connectivity index (χ1) is 18.3. The third-order valence-corrected chi connectivity index (χ3v) is 10.4. The molecule has 0 aliphatic rings. The van der Waals surface area contributed by atoms with E-state index in [2.05, 4.69) is 128 Å². The minimum absolute atomic E-state index is 0.858. The molecule has 0 saturated heterocycles. The minimum atomic E-state index is -2.14. The lowest BCUT2D eigenvalue weighted by molar-refractivity contribution is 1.23. The van der Waals surface area contributed by atoms with Crippen molar-refractivity contribution in [2.24, 2.45) is 10.2 Å². The third-order valence-electron chi connectivity index (χ3n) is 6.27. The van der Waals surface area contributed by atoms with Gasteiger partial charge in [0.1, 0.15) is 5.71 Å². The maximum absolute atomic E-state index is 4.82. The number of hydrogen-bond donors (Lipinski definition) is 0. The van der Waals surface area contributed by atoms with Gasteiger partial charge in [0.05, 0.1) is 5.71 Å². The van der Waals surface area contributed by atoms with E-state index in [9.17, 15) is 0 Å². The van der Waals surface area contributed by atoms with Crippen molar-refractivity contribution in [3.8, 4) is 0 Å². The summed E-state index contributed by atoms with van der Waals surface area (Å²) in [5.41, 5.74) is 3.83. The SMILES string of the molecule is CC(C=P(c1ccccc1)(c1ccccc1)c1ccccc1)=NN=C(c1ccccc1)c1ccccc1. The molecule has 5 rings (SSSR count). The molecule has 0 aliphatic carbocycles. The molecule has 0 unspecified atom stereocenters. The molecule has 0 N–H and O–H groups in total. The van der Waals surface area contributed by atoms with Crippen LogP contribution in [0.15, 0.2) is 162 Å². The summed E-state index contributed by atoms with van der Waals surface area (Å²) in [5, 5.41) is 13.5. The van der Waals surface area contributed by atoms with Crippen LogP contribution < -0.4 is 15.9 Å². The van der Waals surface area contributed by atoms with E-state index in [4.69, 9.17) is 10.2 Å². The number of nitrogens with zero attached hydrogens (tertiary/aromatic N) is 2. The maximum Gasteiger partial charge on any atom is 0.100 e. The molecule has 0 atom stereocenters. The molecular weight excluding hydrogens is 467 g/mol. The van der Waals surface area contributed by atoms with Gasteiger partial charge in [-0.15, -0.1) is 5.10 Å². The van der Waals surface area contributed by atoms with Crippen LogP contribution >= 0.6 is 6.89 Å². The van der Waals surface area contributed by atoms with Crippen LogP contribution in [0.25, 0.3) is 0 Å². The summed E-state index contributed by atoms with van der Waals surface area (Å²) in [6.07, 6.45) is 0. The average molecular weight is 497 g/mol. The van der Waals surface area contributed by atoms with Gasteiger partial charge in [0.2, 0.25) is 0 Å². The molecule has 0 radical (unpaired) electrons. The van der Waals surface area contributed by atoms with Crippen LogP contribution in [0, 0.1) is 0 Å². The van der Waals surface area contributed by atoms with Crippen molar-refractivity contribution in [3.05, 3.63) is 163 Å². The van der Waals surface area contributed by atoms with E-state index >= 15 is 0 Å². The Labute approximate surface area is 219 Å². The van der Waals surface area contributed by atoms with Gasteiger partial charge >= 0.3 is 0 Å². The monoisotopic (exact) mass is 496 g/mol. The Morgan fingerprint density at radius 3 is 1.14 bits per heavy atom. The van der Waals surface area contributed by atoms with Crippen molar-refractivity contribution < 1.29 is 0 Å². The summed E-state index contributed by atoms with van der Waals surface area (Å²) < 4.78 is 0. The van der Waals surface area contributed by atoms with E-state index in [1.165, 1.54) is 15.9 Å².